The van der Waals surface area contributed by atoms with E-state index >= 15 is 4.79 Å². The first-order valence-corrected chi connectivity index (χ1v) is 16.6. The van der Waals surface area contributed by atoms with E-state index in [1.54, 1.807) is 9.30 Å². The third kappa shape index (κ3) is 6.23. The van der Waals surface area contributed by atoms with E-state index in [-0.39, 0.29) is 57.1 Å². The normalized spacial score (nSPS) is 23.3. The standard InChI is InChI=1S/C38H52N4O3/c1-23-20-26(37(5,6)7)29(27(21-23)38(8,9)10)33(43)30-31(39-11)32(35(44)41-16-18-45-19-17-41)42-22-28(40-34(30)42)24-12-14-25(15-13-24)36(2,3)4/h12-15,22-23,26-27,29,40H,16-21H2,1-10H3. The minimum absolute atomic E-state index is 0.0113. The average molecular weight is 613 g/mol. The molecular weight excluding hydrogens is 560 g/mol. The van der Waals surface area contributed by atoms with Crippen LogP contribution in [0.25, 0.3) is 21.7 Å². The molecule has 1 aromatic carbocycles. The molecule has 1 saturated carbocycles. The van der Waals surface area contributed by atoms with Crippen LogP contribution in [-0.4, -0.2) is 52.3 Å². The van der Waals surface area contributed by atoms with Crippen LogP contribution >= 0.6 is 0 Å². The molecule has 2 atom stereocenters. The Hall–Kier alpha value is -3.37. The number of rotatable bonds is 4. The molecule has 2 fully saturated rings. The Bertz CT molecular complexity index is 1580. The average Bonchev–Trinajstić information content (AvgIpc) is 3.52. The largest absolute Gasteiger partial charge is 0.378 e. The lowest BCUT2D eigenvalue weighted by molar-refractivity contribution is -0.00496. The van der Waals surface area contributed by atoms with Gasteiger partial charge >= 0.3 is 0 Å². The summed E-state index contributed by atoms with van der Waals surface area (Å²) in [7, 11) is 0. The van der Waals surface area contributed by atoms with Crippen LogP contribution in [0.5, 0.6) is 0 Å². The molecule has 0 spiro atoms. The number of H-pyrrole nitrogens is 1. The molecule has 1 aliphatic heterocycles. The Morgan fingerprint density at radius 2 is 1.47 bits per heavy atom. The molecule has 1 amide bonds. The maximum absolute atomic E-state index is 15.2. The van der Waals surface area contributed by atoms with Crippen molar-refractivity contribution in [3.8, 4) is 11.3 Å². The second-order valence-electron chi connectivity index (χ2n) is 16.7. The van der Waals surface area contributed by atoms with Crippen molar-refractivity contribution in [2.24, 2.45) is 34.5 Å². The highest BCUT2D eigenvalue weighted by Gasteiger charge is 2.50. The number of nitrogens with one attached hydrogen (secondary N) is 1. The monoisotopic (exact) mass is 612 g/mol. The van der Waals surface area contributed by atoms with E-state index in [1.807, 2.05) is 6.20 Å². The summed E-state index contributed by atoms with van der Waals surface area (Å²) in [6.45, 7) is 32.5. The Kier molecular flexibility index (Phi) is 8.63. The number of hydrogen-bond acceptors (Lipinski definition) is 3. The number of ketones is 1. The number of nitrogens with zero attached hydrogens (tertiary/aromatic N) is 3. The third-order valence-electron chi connectivity index (χ3n) is 10.3. The second-order valence-corrected chi connectivity index (χ2v) is 16.7. The number of amides is 1. The lowest BCUT2D eigenvalue weighted by Crippen LogP contribution is -2.47. The summed E-state index contributed by atoms with van der Waals surface area (Å²) < 4.78 is 7.31. The van der Waals surface area contributed by atoms with Gasteiger partial charge in [0, 0.05) is 25.2 Å². The number of morpholine rings is 1. The number of hydrogen-bond donors (Lipinski definition) is 1. The Morgan fingerprint density at radius 1 is 0.911 bits per heavy atom. The first-order valence-electron chi connectivity index (χ1n) is 16.6. The molecule has 3 aromatic rings. The van der Waals surface area contributed by atoms with Gasteiger partial charge in [0.15, 0.2) is 5.78 Å². The van der Waals surface area contributed by atoms with Crippen LogP contribution in [0, 0.1) is 41.1 Å². The van der Waals surface area contributed by atoms with Gasteiger partial charge in [0.2, 0.25) is 5.69 Å². The molecule has 2 unspecified atom stereocenters. The first kappa shape index (κ1) is 33.0. The van der Waals surface area contributed by atoms with Gasteiger partial charge in [-0.2, -0.15) is 0 Å². The van der Waals surface area contributed by atoms with Crippen molar-refractivity contribution in [3.63, 3.8) is 0 Å². The molecule has 2 aromatic heterocycles. The molecule has 3 heterocycles. The Morgan fingerprint density at radius 3 is 1.96 bits per heavy atom. The zero-order valence-corrected chi connectivity index (χ0v) is 29.0. The Balaban J connectivity index is 1.73. The highest BCUT2D eigenvalue weighted by molar-refractivity contribution is 6.14. The van der Waals surface area contributed by atoms with E-state index in [2.05, 4.69) is 103 Å². The van der Waals surface area contributed by atoms with Crippen LogP contribution < -0.4 is 0 Å². The topological polar surface area (TPSA) is 71.2 Å². The maximum atomic E-state index is 15.2. The van der Waals surface area contributed by atoms with Gasteiger partial charge < -0.3 is 19.0 Å². The SMILES string of the molecule is [C-]#[N+]c1c(C(=O)C2C(C(C)(C)C)CC(C)CC2C(C)(C)C)c2[nH]c(-c3ccc(C(C)(C)C)cc3)cn2c1C(=O)N1CCOCC1. The second kappa shape index (κ2) is 11.8. The fraction of sp³-hybridized carbons (Fsp3) is 0.605. The van der Waals surface area contributed by atoms with Crippen LogP contribution in [0.3, 0.4) is 0 Å². The fourth-order valence-electron chi connectivity index (χ4n) is 7.73. The molecule has 0 radical (unpaired) electrons. The number of carbonyl (C=O) groups is 2. The van der Waals surface area contributed by atoms with Gasteiger partial charge in [-0.25, -0.2) is 4.85 Å². The molecule has 45 heavy (non-hydrogen) atoms. The summed E-state index contributed by atoms with van der Waals surface area (Å²) >= 11 is 0. The van der Waals surface area contributed by atoms with Gasteiger partial charge in [-0.05, 0) is 58.0 Å². The number of benzene rings is 1. The van der Waals surface area contributed by atoms with Gasteiger partial charge in [0.1, 0.15) is 11.3 Å². The first-order chi connectivity index (χ1) is 20.9. The van der Waals surface area contributed by atoms with Crippen LogP contribution in [0.1, 0.15) is 108 Å². The minimum Gasteiger partial charge on any atom is -0.378 e. The predicted molar refractivity (Wildman–Crippen MR) is 181 cm³/mol. The number of imidazole rings is 1. The van der Waals surface area contributed by atoms with E-state index < -0.39 is 0 Å². The van der Waals surface area contributed by atoms with Gasteiger partial charge in [-0.15, -0.1) is 0 Å². The molecule has 7 heteroatoms. The maximum Gasteiger partial charge on any atom is 0.260 e. The summed E-state index contributed by atoms with van der Waals surface area (Å²) in [4.78, 5) is 38.6. The Labute approximate surface area is 269 Å². The summed E-state index contributed by atoms with van der Waals surface area (Å²) in [6.07, 6.45) is 3.82. The molecule has 1 N–H and O–H groups in total. The van der Waals surface area contributed by atoms with Crippen LogP contribution in [0.2, 0.25) is 0 Å². The van der Waals surface area contributed by atoms with Gasteiger partial charge in [0.05, 0.1) is 31.0 Å². The van der Waals surface area contributed by atoms with Crippen molar-refractivity contribution in [2.45, 2.75) is 87.5 Å². The molecular formula is C38H52N4O3. The fourth-order valence-corrected chi connectivity index (χ4v) is 7.73. The van der Waals surface area contributed by atoms with Crippen molar-refractivity contribution >= 4 is 23.0 Å². The summed E-state index contributed by atoms with van der Waals surface area (Å²) in [5.74, 6) is 0.279. The minimum atomic E-state index is -0.267. The molecule has 7 nitrogen and oxygen atoms in total. The molecule has 0 bridgehead atoms. The van der Waals surface area contributed by atoms with E-state index in [0.29, 0.717) is 43.4 Å². The predicted octanol–water partition coefficient (Wildman–Crippen LogP) is 8.81. The number of aromatic amines is 1. The van der Waals surface area contributed by atoms with Crippen molar-refractivity contribution < 1.29 is 14.3 Å². The van der Waals surface area contributed by atoms with Crippen molar-refractivity contribution in [1.29, 1.82) is 0 Å². The van der Waals surface area contributed by atoms with E-state index in [1.165, 1.54) is 5.56 Å². The third-order valence-corrected chi connectivity index (χ3v) is 10.3. The zero-order valence-electron chi connectivity index (χ0n) is 29.0. The van der Waals surface area contributed by atoms with Crippen molar-refractivity contribution in [2.75, 3.05) is 26.3 Å². The molecule has 2 aliphatic rings. The zero-order chi connectivity index (χ0) is 33.1. The highest BCUT2D eigenvalue weighted by atomic mass is 16.5. The lowest BCUT2D eigenvalue weighted by Gasteiger charge is -2.50. The van der Waals surface area contributed by atoms with E-state index in [9.17, 15) is 4.79 Å². The van der Waals surface area contributed by atoms with Crippen LogP contribution in [-0.2, 0) is 10.2 Å². The molecule has 1 saturated heterocycles. The van der Waals surface area contributed by atoms with Crippen LogP contribution in [0.4, 0.5) is 5.69 Å². The number of aromatic nitrogens is 2. The van der Waals surface area contributed by atoms with Crippen molar-refractivity contribution in [1.82, 2.24) is 14.3 Å². The van der Waals surface area contributed by atoms with Crippen LogP contribution in [0.15, 0.2) is 30.5 Å². The van der Waals surface area contributed by atoms with Gasteiger partial charge in [-0.1, -0.05) is 93.5 Å². The number of fused-ring (bicyclic) bond motifs is 1. The number of Topliss-reactive ketones (excluding diaryl/α,β-unsaturated/α-hetero) is 1. The summed E-state index contributed by atoms with van der Waals surface area (Å²) in [5, 5.41) is 0. The van der Waals surface area contributed by atoms with Crippen molar-refractivity contribution in [3.05, 3.63) is 58.7 Å². The molecule has 5 rings (SSSR count). The quantitative estimate of drug-likeness (QED) is 0.236. The number of ether oxygens (including phenoxy) is 1. The summed E-state index contributed by atoms with van der Waals surface area (Å²) in [5.41, 5.74) is 4.16. The lowest BCUT2D eigenvalue weighted by atomic mass is 9.53. The molecule has 1 aliphatic carbocycles. The highest BCUT2D eigenvalue weighted by Crippen LogP contribution is 2.54. The van der Waals surface area contributed by atoms with E-state index in [4.69, 9.17) is 11.3 Å². The molecule has 242 valence electrons. The van der Waals surface area contributed by atoms with Gasteiger partial charge in [0.25, 0.3) is 5.91 Å². The van der Waals surface area contributed by atoms with Gasteiger partial charge in [-0.3, -0.25) is 9.59 Å². The smallest absolute Gasteiger partial charge is 0.260 e. The summed E-state index contributed by atoms with van der Waals surface area (Å²) in [6, 6.07) is 8.43. The number of carbonyl (C=O) groups excluding carboxylic acids is 2. The van der Waals surface area contributed by atoms with E-state index in [0.717, 1.165) is 24.1 Å².